The molecular formula is C25H21FN4OS. The summed E-state index contributed by atoms with van der Waals surface area (Å²) in [4.78, 5) is 27.8. The molecule has 0 amide bonds. The monoisotopic (exact) mass is 444 g/mol. The van der Waals surface area contributed by atoms with Gasteiger partial charge in [0.05, 0.1) is 32.5 Å². The van der Waals surface area contributed by atoms with E-state index < -0.39 is 0 Å². The molecule has 0 fully saturated rings. The standard InChI is InChI=1S/C25H21FN4OS/c1-12-16-8-9-18-21(17-6-4-5-7-20(17)26)29-25(24-13(2)28-14(3)32-24)30-22(18)19(16)10-15(11-27)23(12)31/h4-7,10,12,16,19H,8-9H2,1-3H3. The highest BCUT2D eigenvalue weighted by molar-refractivity contribution is 7.15. The van der Waals surface area contributed by atoms with E-state index in [1.54, 1.807) is 24.3 Å². The molecule has 2 heterocycles. The van der Waals surface area contributed by atoms with E-state index in [1.165, 1.54) is 17.4 Å². The topological polar surface area (TPSA) is 79.5 Å². The number of carbonyl (C=O) groups is 1. The van der Waals surface area contributed by atoms with Gasteiger partial charge < -0.3 is 0 Å². The van der Waals surface area contributed by atoms with Crippen LogP contribution in [-0.2, 0) is 11.2 Å². The van der Waals surface area contributed by atoms with Crippen molar-refractivity contribution in [3.63, 3.8) is 0 Å². The minimum Gasteiger partial charge on any atom is -0.293 e. The largest absolute Gasteiger partial charge is 0.293 e. The van der Waals surface area contributed by atoms with Gasteiger partial charge in [0.15, 0.2) is 11.6 Å². The zero-order valence-electron chi connectivity index (χ0n) is 18.0. The zero-order valence-corrected chi connectivity index (χ0v) is 18.8. The Hall–Kier alpha value is -3.24. The van der Waals surface area contributed by atoms with Crippen molar-refractivity contribution < 1.29 is 9.18 Å². The molecule has 5 nitrogen and oxygen atoms in total. The van der Waals surface area contributed by atoms with Gasteiger partial charge in [-0.3, -0.25) is 4.79 Å². The summed E-state index contributed by atoms with van der Waals surface area (Å²) in [6.45, 7) is 5.75. The van der Waals surface area contributed by atoms with Crippen molar-refractivity contribution in [1.82, 2.24) is 15.0 Å². The van der Waals surface area contributed by atoms with Gasteiger partial charge in [-0.15, -0.1) is 11.3 Å². The van der Waals surface area contributed by atoms with Crippen molar-refractivity contribution in [2.45, 2.75) is 39.5 Å². The number of aromatic nitrogens is 3. The molecule has 0 bridgehead atoms. The summed E-state index contributed by atoms with van der Waals surface area (Å²) in [6, 6.07) is 8.70. The summed E-state index contributed by atoms with van der Waals surface area (Å²) >= 11 is 1.51. The molecule has 2 aliphatic rings. The first kappa shape index (κ1) is 20.7. The maximum atomic E-state index is 14.9. The van der Waals surface area contributed by atoms with E-state index in [1.807, 2.05) is 20.8 Å². The number of thiazole rings is 1. The van der Waals surface area contributed by atoms with Gasteiger partial charge in [-0.2, -0.15) is 5.26 Å². The van der Waals surface area contributed by atoms with Crippen LogP contribution in [0, 0.1) is 42.8 Å². The molecule has 3 unspecified atom stereocenters. The van der Waals surface area contributed by atoms with Crippen molar-refractivity contribution in [3.05, 3.63) is 63.7 Å². The van der Waals surface area contributed by atoms with Crippen molar-refractivity contribution in [2.24, 2.45) is 11.8 Å². The number of carbonyl (C=O) groups excluding carboxylic acids is 1. The number of nitriles is 1. The molecule has 0 N–H and O–H groups in total. The van der Waals surface area contributed by atoms with Gasteiger partial charge in [-0.05, 0) is 44.7 Å². The number of hydrogen-bond acceptors (Lipinski definition) is 6. The molecule has 3 atom stereocenters. The molecule has 1 aromatic carbocycles. The number of benzene rings is 1. The SMILES string of the molecule is Cc1nc(C)c(-c2nc(-c3ccccc3F)c3c(n2)C2C=C(C#N)C(=O)C(C)C2CC3)s1. The Morgan fingerprint density at radius 1 is 1.19 bits per heavy atom. The van der Waals surface area contributed by atoms with Crippen LogP contribution in [0.3, 0.4) is 0 Å². The Kier molecular flexibility index (Phi) is 4.98. The Balaban J connectivity index is 1.80. The van der Waals surface area contributed by atoms with Crippen LogP contribution in [0.5, 0.6) is 0 Å². The second-order valence-electron chi connectivity index (χ2n) is 8.46. The Labute approximate surface area is 189 Å². The minimum atomic E-state index is -0.334. The lowest BCUT2D eigenvalue weighted by Gasteiger charge is -2.38. The Bertz CT molecular complexity index is 1340. The molecule has 32 heavy (non-hydrogen) atoms. The van der Waals surface area contributed by atoms with Gasteiger partial charge in [0.1, 0.15) is 11.9 Å². The van der Waals surface area contributed by atoms with Gasteiger partial charge in [0, 0.05) is 23.0 Å². The van der Waals surface area contributed by atoms with Crippen molar-refractivity contribution in [1.29, 1.82) is 5.26 Å². The summed E-state index contributed by atoms with van der Waals surface area (Å²) < 4.78 is 14.9. The second-order valence-corrected chi connectivity index (χ2v) is 9.66. The van der Waals surface area contributed by atoms with Crippen LogP contribution >= 0.6 is 11.3 Å². The van der Waals surface area contributed by atoms with Gasteiger partial charge >= 0.3 is 0 Å². The smallest absolute Gasteiger partial charge is 0.176 e. The van der Waals surface area contributed by atoms with Crippen molar-refractivity contribution in [2.75, 3.05) is 0 Å². The first-order valence-corrected chi connectivity index (χ1v) is 11.5. The average Bonchev–Trinajstić information content (AvgIpc) is 3.13. The van der Waals surface area contributed by atoms with E-state index in [9.17, 15) is 14.4 Å². The molecule has 0 aliphatic heterocycles. The summed E-state index contributed by atoms with van der Waals surface area (Å²) in [5.74, 6) is -0.290. The number of allylic oxidation sites excluding steroid dienone is 2. The van der Waals surface area contributed by atoms with E-state index >= 15 is 0 Å². The number of nitrogens with zero attached hydrogens (tertiary/aromatic N) is 4. The fraction of sp³-hybridized carbons (Fsp3) is 0.320. The first-order valence-electron chi connectivity index (χ1n) is 10.6. The van der Waals surface area contributed by atoms with Crippen molar-refractivity contribution in [3.8, 4) is 28.0 Å². The van der Waals surface area contributed by atoms with E-state index in [0.717, 1.165) is 33.3 Å². The van der Waals surface area contributed by atoms with Gasteiger partial charge in [-0.1, -0.05) is 25.1 Å². The van der Waals surface area contributed by atoms with Crippen LogP contribution in [-0.4, -0.2) is 20.7 Å². The number of fused-ring (bicyclic) bond motifs is 3. The van der Waals surface area contributed by atoms with Crippen LogP contribution in [0.4, 0.5) is 4.39 Å². The van der Waals surface area contributed by atoms with E-state index in [-0.39, 0.29) is 34.9 Å². The Morgan fingerprint density at radius 2 is 1.97 bits per heavy atom. The normalized spacial score (nSPS) is 22.0. The predicted octanol–water partition coefficient (Wildman–Crippen LogP) is 5.34. The zero-order chi connectivity index (χ0) is 22.6. The van der Waals surface area contributed by atoms with Gasteiger partial charge in [0.2, 0.25) is 0 Å². The molecule has 2 aliphatic carbocycles. The highest BCUT2D eigenvalue weighted by Gasteiger charge is 2.42. The molecule has 0 saturated heterocycles. The molecule has 5 rings (SSSR count). The maximum Gasteiger partial charge on any atom is 0.176 e. The highest BCUT2D eigenvalue weighted by atomic mass is 32.1. The second kappa shape index (κ2) is 7.72. The Morgan fingerprint density at radius 3 is 2.66 bits per heavy atom. The third kappa shape index (κ3) is 3.18. The van der Waals surface area contributed by atoms with E-state index in [2.05, 4.69) is 11.1 Å². The molecular weight excluding hydrogens is 423 g/mol. The number of aryl methyl sites for hydroxylation is 2. The maximum absolute atomic E-state index is 14.9. The molecule has 0 saturated carbocycles. The predicted molar refractivity (Wildman–Crippen MR) is 120 cm³/mol. The van der Waals surface area contributed by atoms with Crippen LogP contribution in [0.15, 0.2) is 35.9 Å². The quantitative estimate of drug-likeness (QED) is 0.533. The number of ketones is 1. The number of hydrogen-bond donors (Lipinski definition) is 0. The molecule has 2 aromatic heterocycles. The van der Waals surface area contributed by atoms with Crippen LogP contribution in [0.25, 0.3) is 22.0 Å². The van der Waals surface area contributed by atoms with Crippen LogP contribution < -0.4 is 0 Å². The average molecular weight is 445 g/mol. The molecule has 3 aromatic rings. The highest BCUT2D eigenvalue weighted by Crippen LogP contribution is 2.47. The number of rotatable bonds is 2. The summed E-state index contributed by atoms with van der Waals surface area (Å²) in [6.07, 6.45) is 3.19. The first-order chi connectivity index (χ1) is 15.4. The fourth-order valence-corrected chi connectivity index (χ4v) is 5.84. The minimum absolute atomic E-state index is 0.0626. The molecule has 7 heteroatoms. The van der Waals surface area contributed by atoms with Crippen LogP contribution in [0.2, 0.25) is 0 Å². The van der Waals surface area contributed by atoms with Crippen molar-refractivity contribution >= 4 is 17.1 Å². The lowest BCUT2D eigenvalue weighted by Crippen LogP contribution is -2.35. The van der Waals surface area contributed by atoms with Gasteiger partial charge in [-0.25, -0.2) is 19.3 Å². The summed E-state index contributed by atoms with van der Waals surface area (Å²) in [7, 11) is 0. The summed E-state index contributed by atoms with van der Waals surface area (Å²) in [5, 5.41) is 10.4. The third-order valence-corrected chi connectivity index (χ3v) is 7.64. The van der Waals surface area contributed by atoms with Crippen LogP contribution in [0.1, 0.15) is 41.2 Å². The molecule has 0 spiro atoms. The molecule has 0 radical (unpaired) electrons. The lowest BCUT2D eigenvalue weighted by molar-refractivity contribution is -0.120. The number of Topliss-reactive ketones (excluding diaryl/α,β-unsaturated/α-hetero) is 1. The van der Waals surface area contributed by atoms with Gasteiger partial charge in [0.25, 0.3) is 0 Å². The number of halogens is 1. The summed E-state index contributed by atoms with van der Waals surface area (Å²) in [5.41, 5.74) is 3.73. The van der Waals surface area contributed by atoms with E-state index in [4.69, 9.17) is 9.97 Å². The molecule has 160 valence electrons. The third-order valence-electron chi connectivity index (χ3n) is 6.57. The fourth-order valence-electron chi connectivity index (χ4n) is 4.99. The lowest BCUT2D eigenvalue weighted by atomic mass is 9.66. The van der Waals surface area contributed by atoms with E-state index in [0.29, 0.717) is 23.5 Å².